The number of carbonyl (C=O) groups is 2. The number of carbonyl (C=O) groups excluding carboxylic acids is 2. The molecule has 5 nitrogen and oxygen atoms in total. The van der Waals surface area contributed by atoms with Crippen LogP contribution in [0.4, 0.5) is 0 Å². The number of rotatable bonds is 55. The molecule has 0 aromatic heterocycles. The first-order chi connectivity index (χ1) is 35.6. The summed E-state index contributed by atoms with van der Waals surface area (Å²) in [5, 5.41) is 9.67. The van der Waals surface area contributed by atoms with Gasteiger partial charge < -0.3 is 14.6 Å². The quantitative estimate of drug-likeness (QED) is 0.0373. The molecule has 0 aliphatic rings. The Morgan fingerprint density at radius 1 is 0.333 bits per heavy atom. The molecule has 72 heavy (non-hydrogen) atoms. The number of aliphatic hydroxyl groups excluding tert-OH is 1. The van der Waals surface area contributed by atoms with Crippen molar-refractivity contribution in [1.82, 2.24) is 0 Å². The molecular weight excluding hydrogens is 885 g/mol. The van der Waals surface area contributed by atoms with E-state index in [0.29, 0.717) is 12.8 Å². The minimum Gasteiger partial charge on any atom is -0.462 e. The van der Waals surface area contributed by atoms with Crippen LogP contribution in [0.25, 0.3) is 0 Å². The highest BCUT2D eigenvalue weighted by Crippen LogP contribution is 2.16. The highest BCUT2D eigenvalue weighted by molar-refractivity contribution is 5.70. The second kappa shape index (κ2) is 61.9. The lowest BCUT2D eigenvalue weighted by Gasteiger charge is -2.15. The first-order valence-corrected chi connectivity index (χ1v) is 30.4. The molecule has 0 radical (unpaired) electrons. The van der Waals surface area contributed by atoms with Crippen molar-refractivity contribution < 1.29 is 24.2 Å². The second-order valence-corrected chi connectivity index (χ2v) is 20.0. The van der Waals surface area contributed by atoms with Crippen LogP contribution >= 0.6 is 0 Å². The number of allylic oxidation sites excluding steroid dienone is 18. The fourth-order valence-corrected chi connectivity index (χ4v) is 8.51. The fraction of sp³-hybridized carbons (Fsp3) is 0.701. The average molecular weight is 1000 g/mol. The standard InChI is InChI=1S/C67H114O5/c1-3-5-7-9-11-13-15-17-19-21-23-25-27-29-31-32-33-34-36-37-39-41-43-45-47-49-51-53-55-57-59-61-66(69)71-64-65(63-68)72-67(70)62-60-58-56-54-52-50-48-46-44-42-40-38-35-30-28-26-24-22-20-18-16-14-12-10-8-6-4-2/h6,8,12,14-15,17-18,20-21,23-24,26-27,29-30,35,40,42,65,68H,3-5,7,9-11,13,16,19,22,25,28,31-34,36-39,41,43-64H2,1-2H3/b8-6-,14-12-,17-15-,20-18-,23-21-,26-24-,29-27-,35-30-,42-40-. The summed E-state index contributed by atoms with van der Waals surface area (Å²) in [5.41, 5.74) is 0. The van der Waals surface area contributed by atoms with Gasteiger partial charge in [-0.1, -0.05) is 277 Å². The summed E-state index contributed by atoms with van der Waals surface area (Å²) in [7, 11) is 0. The summed E-state index contributed by atoms with van der Waals surface area (Å²) in [4.78, 5) is 24.6. The van der Waals surface area contributed by atoms with Gasteiger partial charge in [0.15, 0.2) is 6.10 Å². The van der Waals surface area contributed by atoms with Crippen LogP contribution in [-0.2, 0) is 19.1 Å². The lowest BCUT2D eigenvalue weighted by Crippen LogP contribution is -2.28. The third kappa shape index (κ3) is 59.1. The second-order valence-electron chi connectivity index (χ2n) is 20.0. The Hall–Kier alpha value is -3.44. The number of hydrogen-bond donors (Lipinski definition) is 1. The van der Waals surface area contributed by atoms with Crippen LogP contribution in [0.5, 0.6) is 0 Å². The molecule has 0 aromatic rings. The van der Waals surface area contributed by atoms with E-state index in [1.165, 1.54) is 161 Å². The van der Waals surface area contributed by atoms with Crippen molar-refractivity contribution in [1.29, 1.82) is 0 Å². The van der Waals surface area contributed by atoms with Crippen LogP contribution in [0.2, 0.25) is 0 Å². The van der Waals surface area contributed by atoms with Crippen LogP contribution in [-0.4, -0.2) is 36.4 Å². The summed E-state index contributed by atoms with van der Waals surface area (Å²) >= 11 is 0. The van der Waals surface area contributed by atoms with E-state index >= 15 is 0 Å². The van der Waals surface area contributed by atoms with Gasteiger partial charge in [0.05, 0.1) is 6.61 Å². The van der Waals surface area contributed by atoms with E-state index in [9.17, 15) is 14.7 Å². The molecule has 5 heteroatoms. The smallest absolute Gasteiger partial charge is 0.306 e. The summed E-state index contributed by atoms with van der Waals surface area (Å²) < 4.78 is 10.7. The molecule has 1 N–H and O–H groups in total. The van der Waals surface area contributed by atoms with Crippen LogP contribution in [0.1, 0.15) is 284 Å². The first-order valence-electron chi connectivity index (χ1n) is 30.4. The van der Waals surface area contributed by atoms with Gasteiger partial charge in [0, 0.05) is 12.8 Å². The van der Waals surface area contributed by atoms with Crippen molar-refractivity contribution in [2.75, 3.05) is 13.2 Å². The Labute approximate surface area is 446 Å². The zero-order chi connectivity index (χ0) is 52.0. The van der Waals surface area contributed by atoms with Gasteiger partial charge in [-0.3, -0.25) is 9.59 Å². The molecule has 0 rings (SSSR count). The maximum atomic E-state index is 12.3. The van der Waals surface area contributed by atoms with Gasteiger partial charge in [-0.05, 0) is 103 Å². The molecule has 0 bridgehead atoms. The lowest BCUT2D eigenvalue weighted by molar-refractivity contribution is -0.161. The van der Waals surface area contributed by atoms with Crippen LogP contribution in [0.15, 0.2) is 109 Å². The highest BCUT2D eigenvalue weighted by atomic mass is 16.6. The normalized spacial score (nSPS) is 13.0. The minimum atomic E-state index is -0.784. The number of esters is 2. The van der Waals surface area contributed by atoms with Crippen LogP contribution < -0.4 is 0 Å². The average Bonchev–Trinajstić information content (AvgIpc) is 3.38. The third-order valence-corrected chi connectivity index (χ3v) is 13.1. The first kappa shape index (κ1) is 68.6. The molecule has 0 heterocycles. The Balaban J connectivity index is 3.51. The molecular formula is C67H114O5. The van der Waals surface area contributed by atoms with Crippen molar-refractivity contribution in [3.8, 4) is 0 Å². The van der Waals surface area contributed by atoms with E-state index in [1.807, 2.05) is 0 Å². The van der Waals surface area contributed by atoms with Gasteiger partial charge in [0.25, 0.3) is 0 Å². The Bertz CT molecular complexity index is 1410. The topological polar surface area (TPSA) is 72.8 Å². The predicted octanol–water partition coefficient (Wildman–Crippen LogP) is 20.9. The Morgan fingerprint density at radius 3 is 0.903 bits per heavy atom. The molecule has 0 fully saturated rings. The van der Waals surface area contributed by atoms with Crippen molar-refractivity contribution in [2.45, 2.75) is 290 Å². The molecule has 1 unspecified atom stereocenters. The Kier molecular flexibility index (Phi) is 58.9. The lowest BCUT2D eigenvalue weighted by atomic mass is 10.0. The van der Waals surface area contributed by atoms with Gasteiger partial charge in [0.1, 0.15) is 6.61 Å². The van der Waals surface area contributed by atoms with Gasteiger partial charge in [-0.2, -0.15) is 0 Å². The highest BCUT2D eigenvalue weighted by Gasteiger charge is 2.16. The molecule has 412 valence electrons. The SMILES string of the molecule is CC/C=C\C/C=C\C/C=C\C/C=C\C/C=C\C/C=C\CCCCCCCCCCC(=O)OC(CO)COC(=O)CCCCCCCCCCCCCCCCCC/C=C\C/C=C\C/C=C\CCCCCCC. The minimum absolute atomic E-state index is 0.0734. The summed E-state index contributed by atoms with van der Waals surface area (Å²) in [5.74, 6) is -0.598. The fourth-order valence-electron chi connectivity index (χ4n) is 8.51. The van der Waals surface area contributed by atoms with E-state index in [2.05, 4.69) is 123 Å². The van der Waals surface area contributed by atoms with Crippen molar-refractivity contribution >= 4 is 11.9 Å². The van der Waals surface area contributed by atoms with E-state index in [4.69, 9.17) is 9.47 Å². The summed E-state index contributed by atoms with van der Waals surface area (Å²) in [6, 6.07) is 0. The number of aliphatic hydroxyl groups is 1. The molecule has 0 saturated carbocycles. The summed E-state index contributed by atoms with van der Waals surface area (Å²) in [6.07, 6.45) is 89.3. The molecule has 0 spiro atoms. The zero-order valence-corrected chi connectivity index (χ0v) is 47.2. The molecule has 1 atom stereocenters. The summed E-state index contributed by atoms with van der Waals surface area (Å²) in [6.45, 7) is 4.02. The molecule has 0 saturated heterocycles. The van der Waals surface area contributed by atoms with Crippen LogP contribution in [0, 0.1) is 0 Å². The predicted molar refractivity (Wildman–Crippen MR) is 315 cm³/mol. The van der Waals surface area contributed by atoms with E-state index in [0.717, 1.165) is 96.3 Å². The number of unbranched alkanes of at least 4 members (excludes halogenated alkanes) is 29. The van der Waals surface area contributed by atoms with Crippen molar-refractivity contribution in [2.24, 2.45) is 0 Å². The van der Waals surface area contributed by atoms with Gasteiger partial charge in [0.2, 0.25) is 0 Å². The van der Waals surface area contributed by atoms with Gasteiger partial charge >= 0.3 is 11.9 Å². The zero-order valence-electron chi connectivity index (χ0n) is 47.2. The largest absolute Gasteiger partial charge is 0.462 e. The monoisotopic (exact) mass is 999 g/mol. The van der Waals surface area contributed by atoms with Crippen molar-refractivity contribution in [3.63, 3.8) is 0 Å². The number of hydrogen-bond acceptors (Lipinski definition) is 5. The third-order valence-electron chi connectivity index (χ3n) is 13.1. The molecule has 0 aromatic carbocycles. The molecule has 0 aliphatic heterocycles. The molecule has 0 amide bonds. The van der Waals surface area contributed by atoms with E-state index in [-0.39, 0.29) is 25.2 Å². The maximum absolute atomic E-state index is 12.3. The van der Waals surface area contributed by atoms with E-state index in [1.54, 1.807) is 0 Å². The van der Waals surface area contributed by atoms with Crippen LogP contribution in [0.3, 0.4) is 0 Å². The van der Waals surface area contributed by atoms with Crippen molar-refractivity contribution in [3.05, 3.63) is 109 Å². The number of ether oxygens (including phenoxy) is 2. The Morgan fingerprint density at radius 2 is 0.597 bits per heavy atom. The van der Waals surface area contributed by atoms with Gasteiger partial charge in [-0.25, -0.2) is 0 Å². The maximum Gasteiger partial charge on any atom is 0.306 e. The molecule has 0 aliphatic carbocycles. The van der Waals surface area contributed by atoms with E-state index < -0.39 is 6.10 Å². The van der Waals surface area contributed by atoms with Gasteiger partial charge in [-0.15, -0.1) is 0 Å².